The van der Waals surface area contributed by atoms with Crippen molar-refractivity contribution in [1.29, 1.82) is 0 Å². The van der Waals surface area contributed by atoms with Crippen LogP contribution in [0.2, 0.25) is 0 Å². The molecule has 108 valence electrons. The summed E-state index contributed by atoms with van der Waals surface area (Å²) in [7, 11) is 0. The van der Waals surface area contributed by atoms with E-state index in [1.165, 1.54) is 0 Å². The third kappa shape index (κ3) is 3.67. The highest BCUT2D eigenvalue weighted by Gasteiger charge is 2.29. The Morgan fingerprint density at radius 1 is 1.11 bits per heavy atom. The van der Waals surface area contributed by atoms with E-state index in [-0.39, 0.29) is 18.4 Å². The molecular formula is C13H22N2O4. The number of rotatable bonds is 4. The lowest BCUT2D eigenvalue weighted by atomic mass is 9.97. The van der Waals surface area contributed by atoms with Crippen molar-refractivity contribution in [3.63, 3.8) is 0 Å². The molecule has 0 bridgehead atoms. The van der Waals surface area contributed by atoms with Crippen LogP contribution >= 0.6 is 0 Å². The summed E-state index contributed by atoms with van der Waals surface area (Å²) in [6, 6.07) is 0. The Kier molecular flexibility index (Phi) is 4.76. The molecule has 2 aliphatic heterocycles. The van der Waals surface area contributed by atoms with E-state index in [1.54, 1.807) is 4.90 Å². The lowest BCUT2D eigenvalue weighted by Gasteiger charge is -2.31. The molecule has 0 aromatic rings. The molecular weight excluding hydrogens is 248 g/mol. The highest BCUT2D eigenvalue weighted by Crippen LogP contribution is 2.19. The minimum Gasteiger partial charge on any atom is -0.481 e. The van der Waals surface area contributed by atoms with Gasteiger partial charge in [-0.05, 0) is 31.7 Å². The van der Waals surface area contributed by atoms with E-state index < -0.39 is 5.97 Å². The SMILES string of the molecule is O=C(O)C1CCN(C(=O)CN2CCC(CO)C2)CC1. The number of amides is 1. The average Bonchev–Trinajstić information content (AvgIpc) is 2.86. The molecule has 1 atom stereocenters. The van der Waals surface area contributed by atoms with Gasteiger partial charge in [0, 0.05) is 26.2 Å². The zero-order valence-corrected chi connectivity index (χ0v) is 11.1. The van der Waals surface area contributed by atoms with E-state index in [9.17, 15) is 9.59 Å². The number of hydrogen-bond acceptors (Lipinski definition) is 4. The number of aliphatic carboxylic acids is 1. The van der Waals surface area contributed by atoms with E-state index >= 15 is 0 Å². The summed E-state index contributed by atoms with van der Waals surface area (Å²) >= 11 is 0. The van der Waals surface area contributed by atoms with Gasteiger partial charge in [-0.3, -0.25) is 14.5 Å². The van der Waals surface area contributed by atoms with Crippen LogP contribution in [0.5, 0.6) is 0 Å². The molecule has 0 saturated carbocycles. The number of likely N-dealkylation sites (tertiary alicyclic amines) is 2. The van der Waals surface area contributed by atoms with Crippen molar-refractivity contribution in [1.82, 2.24) is 9.80 Å². The summed E-state index contributed by atoms with van der Waals surface area (Å²) in [4.78, 5) is 26.8. The third-order valence-corrected chi connectivity index (χ3v) is 4.18. The number of nitrogens with zero attached hydrogens (tertiary/aromatic N) is 2. The first-order chi connectivity index (χ1) is 9.10. The second-order valence-corrected chi connectivity index (χ2v) is 5.57. The van der Waals surface area contributed by atoms with Gasteiger partial charge >= 0.3 is 5.97 Å². The van der Waals surface area contributed by atoms with Crippen LogP contribution in [-0.2, 0) is 9.59 Å². The smallest absolute Gasteiger partial charge is 0.306 e. The first kappa shape index (κ1) is 14.3. The topological polar surface area (TPSA) is 81.1 Å². The largest absolute Gasteiger partial charge is 0.481 e. The number of carbonyl (C=O) groups is 2. The summed E-state index contributed by atoms with van der Waals surface area (Å²) in [5.41, 5.74) is 0. The lowest BCUT2D eigenvalue weighted by Crippen LogP contribution is -2.44. The molecule has 0 aromatic heterocycles. The fourth-order valence-electron chi connectivity index (χ4n) is 2.87. The standard InChI is InChI=1S/C13H22N2O4/c16-9-10-1-4-14(7-10)8-12(17)15-5-2-11(3-6-15)13(18)19/h10-11,16H,1-9H2,(H,18,19). The Morgan fingerprint density at radius 2 is 1.79 bits per heavy atom. The quantitative estimate of drug-likeness (QED) is 0.728. The Bertz CT molecular complexity index is 340. The van der Waals surface area contributed by atoms with Crippen molar-refractivity contribution in [3.05, 3.63) is 0 Å². The predicted octanol–water partition coefficient (Wildman–Crippen LogP) is -0.376. The highest BCUT2D eigenvalue weighted by atomic mass is 16.4. The van der Waals surface area contributed by atoms with Crippen molar-refractivity contribution in [2.45, 2.75) is 19.3 Å². The van der Waals surface area contributed by atoms with Gasteiger partial charge in [0.2, 0.25) is 5.91 Å². The van der Waals surface area contributed by atoms with E-state index in [2.05, 4.69) is 4.90 Å². The van der Waals surface area contributed by atoms with Gasteiger partial charge in [-0.15, -0.1) is 0 Å². The Morgan fingerprint density at radius 3 is 2.32 bits per heavy atom. The summed E-state index contributed by atoms with van der Waals surface area (Å²) in [5.74, 6) is -0.667. The normalized spacial score (nSPS) is 25.7. The molecule has 6 nitrogen and oxygen atoms in total. The molecule has 1 unspecified atom stereocenters. The van der Waals surface area contributed by atoms with Crippen molar-refractivity contribution >= 4 is 11.9 Å². The zero-order valence-electron chi connectivity index (χ0n) is 11.1. The number of carboxylic acids is 1. The minimum absolute atomic E-state index is 0.0856. The van der Waals surface area contributed by atoms with Gasteiger partial charge in [-0.2, -0.15) is 0 Å². The number of hydrogen-bond donors (Lipinski definition) is 2. The van der Waals surface area contributed by atoms with E-state index in [0.29, 0.717) is 38.4 Å². The van der Waals surface area contributed by atoms with Gasteiger partial charge in [0.15, 0.2) is 0 Å². The van der Waals surface area contributed by atoms with Gasteiger partial charge in [0.1, 0.15) is 0 Å². The fraction of sp³-hybridized carbons (Fsp3) is 0.846. The molecule has 19 heavy (non-hydrogen) atoms. The van der Waals surface area contributed by atoms with Crippen molar-refractivity contribution in [2.24, 2.45) is 11.8 Å². The molecule has 0 radical (unpaired) electrons. The summed E-state index contributed by atoms with van der Waals surface area (Å²) in [5, 5.41) is 18.0. The van der Waals surface area contributed by atoms with Crippen LogP contribution < -0.4 is 0 Å². The summed E-state index contributed by atoms with van der Waals surface area (Å²) in [6.45, 7) is 3.33. The highest BCUT2D eigenvalue weighted by molar-refractivity contribution is 5.79. The first-order valence-electron chi connectivity index (χ1n) is 6.94. The maximum atomic E-state index is 12.1. The van der Waals surface area contributed by atoms with Crippen LogP contribution in [0, 0.1) is 11.8 Å². The summed E-state index contributed by atoms with van der Waals surface area (Å²) < 4.78 is 0. The molecule has 2 aliphatic rings. The number of carbonyl (C=O) groups excluding carboxylic acids is 1. The number of aliphatic hydroxyl groups excluding tert-OH is 1. The predicted molar refractivity (Wildman–Crippen MR) is 68.6 cm³/mol. The first-order valence-corrected chi connectivity index (χ1v) is 6.94. The Balaban J connectivity index is 1.74. The summed E-state index contributed by atoms with van der Waals surface area (Å²) in [6.07, 6.45) is 2.06. The Hall–Kier alpha value is -1.14. The fourth-order valence-corrected chi connectivity index (χ4v) is 2.87. The van der Waals surface area contributed by atoms with Crippen molar-refractivity contribution in [3.8, 4) is 0 Å². The molecule has 0 spiro atoms. The van der Waals surface area contributed by atoms with Gasteiger partial charge < -0.3 is 15.1 Å². The van der Waals surface area contributed by atoms with E-state index in [1.807, 2.05) is 0 Å². The number of aliphatic hydroxyl groups is 1. The molecule has 2 N–H and O–H groups in total. The molecule has 2 fully saturated rings. The van der Waals surface area contributed by atoms with Crippen LogP contribution in [0.15, 0.2) is 0 Å². The maximum absolute atomic E-state index is 12.1. The second kappa shape index (κ2) is 6.34. The minimum atomic E-state index is -0.752. The molecule has 2 saturated heterocycles. The molecule has 1 amide bonds. The third-order valence-electron chi connectivity index (χ3n) is 4.18. The average molecular weight is 270 g/mol. The molecule has 0 aromatic carbocycles. The zero-order chi connectivity index (χ0) is 13.8. The van der Waals surface area contributed by atoms with Gasteiger partial charge in [0.25, 0.3) is 0 Å². The van der Waals surface area contributed by atoms with E-state index in [0.717, 1.165) is 19.5 Å². The number of carboxylic acid groups (broad SMARTS) is 1. The van der Waals surface area contributed by atoms with Crippen LogP contribution in [-0.4, -0.2) is 71.2 Å². The van der Waals surface area contributed by atoms with E-state index in [4.69, 9.17) is 10.2 Å². The lowest BCUT2D eigenvalue weighted by molar-refractivity contribution is -0.145. The maximum Gasteiger partial charge on any atom is 0.306 e. The Labute approximate surface area is 113 Å². The molecule has 6 heteroatoms. The van der Waals surface area contributed by atoms with Crippen LogP contribution in [0.4, 0.5) is 0 Å². The van der Waals surface area contributed by atoms with Crippen LogP contribution in [0.25, 0.3) is 0 Å². The van der Waals surface area contributed by atoms with Gasteiger partial charge in [-0.25, -0.2) is 0 Å². The van der Waals surface area contributed by atoms with Crippen LogP contribution in [0.1, 0.15) is 19.3 Å². The van der Waals surface area contributed by atoms with Crippen LogP contribution in [0.3, 0.4) is 0 Å². The molecule has 2 heterocycles. The van der Waals surface area contributed by atoms with Gasteiger partial charge in [0.05, 0.1) is 12.5 Å². The monoisotopic (exact) mass is 270 g/mol. The second-order valence-electron chi connectivity index (χ2n) is 5.57. The molecule has 0 aliphatic carbocycles. The van der Waals surface area contributed by atoms with Crippen molar-refractivity contribution in [2.75, 3.05) is 39.3 Å². The van der Waals surface area contributed by atoms with Gasteiger partial charge in [-0.1, -0.05) is 0 Å². The van der Waals surface area contributed by atoms with Crippen molar-refractivity contribution < 1.29 is 19.8 Å². The molecule has 2 rings (SSSR count). The number of piperidine rings is 1.